The Hall–Kier alpha value is -0.570. The summed E-state index contributed by atoms with van der Waals surface area (Å²) < 4.78 is 1.24. The maximum Gasteiger partial charge on any atom is 0.0782 e. The fraction of sp³-hybridized carbons (Fsp3) is 0.957. The number of hydrogen-bond donors (Lipinski definition) is 0. The number of carboxylic acid groups (broad SMARTS) is 1. The molecule has 0 saturated carbocycles. The highest BCUT2D eigenvalue weighted by molar-refractivity contribution is 5.60. The Labute approximate surface area is 165 Å². The zero-order chi connectivity index (χ0) is 20.3. The van der Waals surface area contributed by atoms with Crippen LogP contribution in [0.3, 0.4) is 0 Å². The third-order valence-corrected chi connectivity index (χ3v) is 4.91. The third kappa shape index (κ3) is 28.2. The minimum absolute atomic E-state index is 0.884. The molecular formula is C23H49NO2. The van der Waals surface area contributed by atoms with Crippen molar-refractivity contribution >= 4 is 5.97 Å². The molecule has 0 radical (unpaired) electrons. The number of carbonyl (C=O) groups excluding carboxylic acids is 1. The molecule has 0 heterocycles. The van der Waals surface area contributed by atoms with Crippen LogP contribution in [0.2, 0.25) is 0 Å². The highest BCUT2D eigenvalue weighted by atomic mass is 16.4. The SMILES string of the molecule is CC(=O)[O-].CCCCCCCCCC[N+](C)(C)CCCCCCC(C)C. The van der Waals surface area contributed by atoms with Gasteiger partial charge in [-0.2, -0.15) is 0 Å². The van der Waals surface area contributed by atoms with Gasteiger partial charge in [0.15, 0.2) is 0 Å². The lowest BCUT2D eigenvalue weighted by atomic mass is 10.0. The van der Waals surface area contributed by atoms with Gasteiger partial charge < -0.3 is 14.4 Å². The summed E-state index contributed by atoms with van der Waals surface area (Å²) in [6.07, 6.45) is 18.6. The van der Waals surface area contributed by atoms with Crippen molar-refractivity contribution in [3.8, 4) is 0 Å². The number of carboxylic acids is 1. The van der Waals surface area contributed by atoms with E-state index in [0.29, 0.717) is 0 Å². The summed E-state index contributed by atoms with van der Waals surface area (Å²) >= 11 is 0. The molecule has 0 saturated heterocycles. The lowest BCUT2D eigenvalue weighted by molar-refractivity contribution is -0.890. The first-order chi connectivity index (χ1) is 12.2. The van der Waals surface area contributed by atoms with Crippen LogP contribution in [0.25, 0.3) is 0 Å². The maximum atomic E-state index is 8.89. The summed E-state index contributed by atoms with van der Waals surface area (Å²) in [5.41, 5.74) is 0. The van der Waals surface area contributed by atoms with E-state index in [0.717, 1.165) is 12.8 Å². The Morgan fingerprint density at radius 1 is 0.769 bits per heavy atom. The van der Waals surface area contributed by atoms with Crippen molar-refractivity contribution < 1.29 is 14.4 Å². The van der Waals surface area contributed by atoms with Gasteiger partial charge in [0.25, 0.3) is 0 Å². The smallest absolute Gasteiger partial charge is 0.0782 e. The van der Waals surface area contributed by atoms with Crippen LogP contribution >= 0.6 is 0 Å². The van der Waals surface area contributed by atoms with Gasteiger partial charge in [-0.05, 0) is 38.5 Å². The Balaban J connectivity index is 0. The predicted octanol–water partition coefficient (Wildman–Crippen LogP) is 5.57. The van der Waals surface area contributed by atoms with Crippen LogP contribution in [0.4, 0.5) is 0 Å². The summed E-state index contributed by atoms with van der Waals surface area (Å²) in [6, 6.07) is 0. The predicted molar refractivity (Wildman–Crippen MR) is 113 cm³/mol. The summed E-state index contributed by atoms with van der Waals surface area (Å²) in [4.78, 5) is 8.89. The molecule has 0 atom stereocenters. The van der Waals surface area contributed by atoms with Crippen LogP contribution < -0.4 is 5.11 Å². The molecule has 0 unspecified atom stereocenters. The van der Waals surface area contributed by atoms with Crippen molar-refractivity contribution in [3.05, 3.63) is 0 Å². The van der Waals surface area contributed by atoms with Gasteiger partial charge in [0.05, 0.1) is 27.2 Å². The first kappa shape index (κ1) is 27.6. The van der Waals surface area contributed by atoms with Crippen molar-refractivity contribution in [1.82, 2.24) is 0 Å². The Morgan fingerprint density at radius 2 is 1.12 bits per heavy atom. The fourth-order valence-corrected chi connectivity index (χ4v) is 3.23. The van der Waals surface area contributed by atoms with E-state index in [1.165, 1.54) is 101 Å². The minimum atomic E-state index is -1.08. The lowest BCUT2D eigenvalue weighted by Crippen LogP contribution is -2.41. The molecule has 0 spiro atoms. The van der Waals surface area contributed by atoms with Crippen molar-refractivity contribution in [1.29, 1.82) is 0 Å². The third-order valence-electron chi connectivity index (χ3n) is 4.91. The number of rotatable bonds is 16. The van der Waals surface area contributed by atoms with E-state index in [1.54, 1.807) is 0 Å². The van der Waals surface area contributed by atoms with Crippen molar-refractivity contribution in [3.63, 3.8) is 0 Å². The normalized spacial score (nSPS) is 11.3. The van der Waals surface area contributed by atoms with Gasteiger partial charge in [-0.25, -0.2) is 0 Å². The highest BCUT2D eigenvalue weighted by Crippen LogP contribution is 2.13. The molecule has 0 N–H and O–H groups in total. The van der Waals surface area contributed by atoms with Crippen LogP contribution in [0.1, 0.15) is 111 Å². The summed E-state index contributed by atoms with van der Waals surface area (Å²) in [7, 11) is 4.85. The van der Waals surface area contributed by atoms with Crippen LogP contribution in [0, 0.1) is 5.92 Å². The lowest BCUT2D eigenvalue weighted by Gasteiger charge is -2.30. The molecule has 0 aromatic carbocycles. The first-order valence-corrected chi connectivity index (χ1v) is 11.2. The van der Waals surface area contributed by atoms with E-state index in [4.69, 9.17) is 9.90 Å². The van der Waals surface area contributed by atoms with E-state index in [9.17, 15) is 0 Å². The molecule has 158 valence electrons. The Kier molecular flexibility index (Phi) is 20.4. The number of unbranched alkanes of at least 4 members (excludes halogenated alkanes) is 10. The van der Waals surface area contributed by atoms with E-state index < -0.39 is 5.97 Å². The Morgan fingerprint density at radius 3 is 1.50 bits per heavy atom. The zero-order valence-corrected chi connectivity index (χ0v) is 18.9. The molecule has 0 aliphatic carbocycles. The van der Waals surface area contributed by atoms with E-state index in [-0.39, 0.29) is 0 Å². The van der Waals surface area contributed by atoms with E-state index in [2.05, 4.69) is 34.9 Å². The molecule has 26 heavy (non-hydrogen) atoms. The monoisotopic (exact) mass is 371 g/mol. The summed E-state index contributed by atoms with van der Waals surface area (Å²) in [5.74, 6) is -0.200. The van der Waals surface area contributed by atoms with Crippen molar-refractivity contribution in [2.75, 3.05) is 27.2 Å². The number of hydrogen-bond acceptors (Lipinski definition) is 2. The number of carbonyl (C=O) groups is 1. The molecule has 0 aliphatic rings. The van der Waals surface area contributed by atoms with Crippen LogP contribution in [-0.4, -0.2) is 37.6 Å². The fourth-order valence-electron chi connectivity index (χ4n) is 3.23. The van der Waals surface area contributed by atoms with Gasteiger partial charge in [-0.1, -0.05) is 78.6 Å². The van der Waals surface area contributed by atoms with Crippen LogP contribution in [0.15, 0.2) is 0 Å². The molecule has 0 aliphatic heterocycles. The van der Waals surface area contributed by atoms with Crippen LogP contribution in [0.5, 0.6) is 0 Å². The minimum Gasteiger partial charge on any atom is -0.550 e. The molecule has 0 aromatic heterocycles. The van der Waals surface area contributed by atoms with Crippen molar-refractivity contribution in [2.45, 2.75) is 111 Å². The molecule has 0 amide bonds. The van der Waals surface area contributed by atoms with E-state index >= 15 is 0 Å². The molecule has 0 bridgehead atoms. The second-order valence-electron chi connectivity index (χ2n) is 8.95. The van der Waals surface area contributed by atoms with Crippen LogP contribution in [-0.2, 0) is 4.79 Å². The van der Waals surface area contributed by atoms with Gasteiger partial charge in [-0.3, -0.25) is 0 Å². The van der Waals surface area contributed by atoms with Gasteiger partial charge >= 0.3 is 0 Å². The number of quaternary nitrogens is 1. The average Bonchev–Trinajstić information content (AvgIpc) is 2.52. The number of nitrogens with zero attached hydrogens (tertiary/aromatic N) is 1. The zero-order valence-electron chi connectivity index (χ0n) is 18.9. The Bertz CT molecular complexity index is 297. The molecule has 0 aromatic rings. The molecule has 3 nitrogen and oxygen atoms in total. The maximum absolute atomic E-state index is 8.89. The molecule has 3 heteroatoms. The van der Waals surface area contributed by atoms with Crippen molar-refractivity contribution in [2.24, 2.45) is 5.92 Å². The average molecular weight is 372 g/mol. The quantitative estimate of drug-likeness (QED) is 0.263. The molecule has 0 rings (SSSR count). The van der Waals surface area contributed by atoms with E-state index in [1.807, 2.05) is 0 Å². The molecule has 0 fully saturated rings. The first-order valence-electron chi connectivity index (χ1n) is 11.2. The highest BCUT2D eigenvalue weighted by Gasteiger charge is 2.13. The topological polar surface area (TPSA) is 40.1 Å². The van der Waals surface area contributed by atoms with Gasteiger partial charge in [-0.15, -0.1) is 0 Å². The van der Waals surface area contributed by atoms with Gasteiger partial charge in [0.2, 0.25) is 0 Å². The molecular weight excluding hydrogens is 322 g/mol. The summed E-state index contributed by atoms with van der Waals surface area (Å²) in [6.45, 7) is 10.7. The standard InChI is InChI=1S/C21H46N.C2H4O2/c1-6-7-8-9-10-11-13-16-19-22(4,5)20-17-14-12-15-18-21(2)3;1-2(3)4/h21H,6-20H2,1-5H3;1H3,(H,3,4)/q+1;/p-1. The largest absolute Gasteiger partial charge is 0.550 e. The van der Waals surface area contributed by atoms with Gasteiger partial charge in [0, 0.05) is 5.97 Å². The summed E-state index contributed by atoms with van der Waals surface area (Å²) in [5, 5.41) is 8.89. The number of aliphatic carboxylic acids is 1. The van der Waals surface area contributed by atoms with Gasteiger partial charge in [0.1, 0.15) is 0 Å². The second-order valence-corrected chi connectivity index (χ2v) is 8.95. The second kappa shape index (κ2) is 19.2.